The van der Waals surface area contributed by atoms with Crippen LogP contribution in [-0.2, 0) is 26.6 Å². The third kappa shape index (κ3) is 2.53. The quantitative estimate of drug-likeness (QED) is 0.716. The summed E-state index contributed by atoms with van der Waals surface area (Å²) in [7, 11) is 1.84. The summed E-state index contributed by atoms with van der Waals surface area (Å²) in [5, 5.41) is 4.83. The second-order valence-corrected chi connectivity index (χ2v) is 7.14. The number of aromatic nitrogens is 5. The van der Waals surface area contributed by atoms with Crippen LogP contribution in [0.3, 0.4) is 0 Å². The number of amides is 1. The third-order valence-electron chi connectivity index (χ3n) is 5.26. The molecule has 3 aromatic rings. The second kappa shape index (κ2) is 5.82. The first-order valence-corrected chi connectivity index (χ1v) is 8.93. The molecule has 0 radical (unpaired) electrons. The fraction of sp³-hybridized carbons (Fsp3) is 0.444. The predicted octanol–water partition coefficient (Wildman–Crippen LogP) is 1.88. The van der Waals surface area contributed by atoms with Crippen molar-refractivity contribution in [1.82, 2.24) is 29.2 Å². The van der Waals surface area contributed by atoms with Gasteiger partial charge in [-0.05, 0) is 18.8 Å². The highest BCUT2D eigenvalue weighted by Crippen LogP contribution is 2.34. The zero-order valence-electron chi connectivity index (χ0n) is 14.6. The molecule has 1 amide bonds. The molecular weight excluding hydrogens is 332 g/mol. The van der Waals surface area contributed by atoms with Gasteiger partial charge in [-0.25, -0.2) is 9.97 Å². The highest BCUT2D eigenvalue weighted by molar-refractivity contribution is 5.92. The summed E-state index contributed by atoms with van der Waals surface area (Å²) < 4.78 is 9.04. The molecule has 26 heavy (non-hydrogen) atoms. The van der Waals surface area contributed by atoms with E-state index in [9.17, 15) is 4.79 Å². The molecule has 2 aliphatic rings. The zero-order chi connectivity index (χ0) is 17.7. The van der Waals surface area contributed by atoms with Gasteiger partial charge < -0.3 is 13.9 Å². The Morgan fingerprint density at radius 2 is 2.27 bits per heavy atom. The Bertz CT molecular complexity index is 951. The number of oxazole rings is 1. The Labute approximate surface area is 150 Å². The fourth-order valence-corrected chi connectivity index (χ4v) is 3.62. The SMILES string of the molecule is Cn1cncc1C(=O)N1CCc2c(c(-c3cocn3)nn2CC2CC2)C1. The van der Waals surface area contributed by atoms with Crippen molar-refractivity contribution < 1.29 is 9.21 Å². The van der Waals surface area contributed by atoms with Crippen LogP contribution < -0.4 is 0 Å². The van der Waals surface area contributed by atoms with Gasteiger partial charge in [-0.1, -0.05) is 0 Å². The molecule has 8 nitrogen and oxygen atoms in total. The van der Waals surface area contributed by atoms with Crippen LogP contribution in [-0.4, -0.2) is 41.7 Å². The summed E-state index contributed by atoms with van der Waals surface area (Å²) in [5.41, 5.74) is 4.47. The Morgan fingerprint density at radius 3 is 2.96 bits per heavy atom. The summed E-state index contributed by atoms with van der Waals surface area (Å²) in [6.07, 6.45) is 9.66. The van der Waals surface area contributed by atoms with Gasteiger partial charge in [0.2, 0.25) is 0 Å². The molecule has 5 rings (SSSR count). The average Bonchev–Trinajstić information content (AvgIpc) is 3.02. The molecule has 1 saturated carbocycles. The standard InChI is InChI=1S/C18H20N6O2/c1-22-10-19-6-16(22)18(25)23-5-4-15-13(8-23)17(14-9-26-11-20-14)21-24(15)7-12-2-3-12/h6,9-12H,2-5,7-8H2,1H3. The van der Waals surface area contributed by atoms with Gasteiger partial charge in [-0.3, -0.25) is 9.48 Å². The monoisotopic (exact) mass is 352 g/mol. The third-order valence-corrected chi connectivity index (χ3v) is 5.26. The van der Waals surface area contributed by atoms with Crippen molar-refractivity contribution in [2.24, 2.45) is 13.0 Å². The fourth-order valence-electron chi connectivity index (χ4n) is 3.62. The minimum absolute atomic E-state index is 0.00306. The van der Waals surface area contributed by atoms with Gasteiger partial charge in [0.05, 0.1) is 19.1 Å². The van der Waals surface area contributed by atoms with E-state index in [0.717, 1.165) is 35.8 Å². The van der Waals surface area contributed by atoms with Crippen molar-refractivity contribution in [2.45, 2.75) is 32.4 Å². The summed E-state index contributed by atoms with van der Waals surface area (Å²) in [4.78, 5) is 23.1. The van der Waals surface area contributed by atoms with Crippen LogP contribution in [0.2, 0.25) is 0 Å². The van der Waals surface area contributed by atoms with Crippen molar-refractivity contribution in [1.29, 1.82) is 0 Å². The molecule has 1 aliphatic heterocycles. The van der Waals surface area contributed by atoms with Gasteiger partial charge in [0.1, 0.15) is 23.3 Å². The number of fused-ring (bicyclic) bond motifs is 1. The molecule has 0 aromatic carbocycles. The van der Waals surface area contributed by atoms with Crippen molar-refractivity contribution in [3.05, 3.63) is 42.1 Å². The van der Waals surface area contributed by atoms with E-state index in [2.05, 4.69) is 14.6 Å². The molecule has 4 heterocycles. The first-order chi connectivity index (χ1) is 12.7. The molecule has 134 valence electrons. The molecular formula is C18H20N6O2. The van der Waals surface area contributed by atoms with Gasteiger partial charge in [-0.15, -0.1) is 0 Å². The lowest BCUT2D eigenvalue weighted by molar-refractivity contribution is 0.0723. The zero-order valence-corrected chi connectivity index (χ0v) is 14.6. The lowest BCUT2D eigenvalue weighted by Crippen LogP contribution is -2.37. The van der Waals surface area contributed by atoms with Crippen LogP contribution in [0.25, 0.3) is 11.4 Å². The molecule has 1 fully saturated rings. The molecule has 0 bridgehead atoms. The number of carbonyl (C=O) groups excluding carboxylic acids is 1. The molecule has 1 aliphatic carbocycles. The number of hydrogen-bond acceptors (Lipinski definition) is 5. The molecule has 0 unspecified atom stereocenters. The van der Waals surface area contributed by atoms with E-state index < -0.39 is 0 Å². The van der Waals surface area contributed by atoms with Crippen molar-refractivity contribution >= 4 is 5.91 Å². The second-order valence-electron chi connectivity index (χ2n) is 7.14. The highest BCUT2D eigenvalue weighted by Gasteiger charge is 2.32. The number of rotatable bonds is 4. The Balaban J connectivity index is 1.50. The topological polar surface area (TPSA) is 82.0 Å². The number of carbonyl (C=O) groups is 1. The normalized spacial score (nSPS) is 16.7. The van der Waals surface area contributed by atoms with Crippen LogP contribution >= 0.6 is 0 Å². The van der Waals surface area contributed by atoms with Crippen LogP contribution in [0.15, 0.2) is 29.6 Å². The first kappa shape index (κ1) is 15.4. The van der Waals surface area contributed by atoms with E-state index in [1.54, 1.807) is 23.4 Å². The number of imidazole rings is 1. The van der Waals surface area contributed by atoms with Gasteiger partial charge in [-0.2, -0.15) is 5.10 Å². The minimum atomic E-state index is -0.00306. The predicted molar refractivity (Wildman–Crippen MR) is 92.1 cm³/mol. The van der Waals surface area contributed by atoms with Crippen LogP contribution in [0, 0.1) is 5.92 Å². The van der Waals surface area contributed by atoms with Gasteiger partial charge in [0, 0.05) is 37.8 Å². The average molecular weight is 352 g/mol. The number of aryl methyl sites for hydroxylation is 1. The van der Waals surface area contributed by atoms with Crippen molar-refractivity contribution in [3.63, 3.8) is 0 Å². The first-order valence-electron chi connectivity index (χ1n) is 8.93. The molecule has 0 atom stereocenters. The summed E-state index contributed by atoms with van der Waals surface area (Å²) in [6, 6.07) is 0. The van der Waals surface area contributed by atoms with E-state index >= 15 is 0 Å². The molecule has 8 heteroatoms. The lowest BCUT2D eigenvalue weighted by Gasteiger charge is -2.28. The van der Waals surface area contributed by atoms with E-state index in [0.29, 0.717) is 18.8 Å². The number of nitrogens with zero attached hydrogens (tertiary/aromatic N) is 6. The van der Waals surface area contributed by atoms with Crippen molar-refractivity contribution in [3.8, 4) is 11.4 Å². The van der Waals surface area contributed by atoms with Crippen LogP contribution in [0.1, 0.15) is 34.6 Å². The van der Waals surface area contributed by atoms with Gasteiger partial charge in [0.25, 0.3) is 5.91 Å². The van der Waals surface area contributed by atoms with Gasteiger partial charge in [0.15, 0.2) is 6.39 Å². The lowest BCUT2D eigenvalue weighted by atomic mass is 10.0. The van der Waals surface area contributed by atoms with Crippen molar-refractivity contribution in [2.75, 3.05) is 6.54 Å². The minimum Gasteiger partial charge on any atom is -0.451 e. The Hall–Kier alpha value is -2.90. The van der Waals surface area contributed by atoms with Crippen LogP contribution in [0.5, 0.6) is 0 Å². The van der Waals surface area contributed by atoms with E-state index in [1.807, 2.05) is 11.9 Å². The Kier molecular flexibility index (Phi) is 3.44. The maximum atomic E-state index is 12.9. The smallest absolute Gasteiger partial charge is 0.272 e. The maximum Gasteiger partial charge on any atom is 0.272 e. The van der Waals surface area contributed by atoms with Gasteiger partial charge >= 0.3 is 0 Å². The molecule has 0 saturated heterocycles. The largest absolute Gasteiger partial charge is 0.451 e. The Morgan fingerprint density at radius 1 is 1.38 bits per heavy atom. The summed E-state index contributed by atoms with van der Waals surface area (Å²) in [5.74, 6) is 0.731. The summed E-state index contributed by atoms with van der Waals surface area (Å²) in [6.45, 7) is 2.17. The molecule has 0 spiro atoms. The molecule has 0 N–H and O–H groups in total. The summed E-state index contributed by atoms with van der Waals surface area (Å²) >= 11 is 0. The molecule has 3 aromatic heterocycles. The van der Waals surface area contributed by atoms with E-state index in [1.165, 1.54) is 24.9 Å². The number of hydrogen-bond donors (Lipinski definition) is 0. The van der Waals surface area contributed by atoms with E-state index in [-0.39, 0.29) is 5.91 Å². The van der Waals surface area contributed by atoms with E-state index in [4.69, 9.17) is 9.52 Å². The highest BCUT2D eigenvalue weighted by atomic mass is 16.3. The maximum absolute atomic E-state index is 12.9. The van der Waals surface area contributed by atoms with Crippen LogP contribution in [0.4, 0.5) is 0 Å².